The van der Waals surface area contributed by atoms with Crippen molar-refractivity contribution in [2.24, 2.45) is 5.73 Å². The van der Waals surface area contributed by atoms with Crippen molar-refractivity contribution >= 4 is 0 Å². The van der Waals surface area contributed by atoms with Crippen molar-refractivity contribution in [2.75, 3.05) is 6.61 Å². The maximum Gasteiger partial charge on any atom is 0.244 e. The van der Waals surface area contributed by atoms with E-state index in [1.165, 1.54) is 5.56 Å². The Morgan fingerprint density at radius 3 is 2.47 bits per heavy atom. The topological polar surface area (TPSA) is 97.0 Å². The zero-order chi connectivity index (χ0) is 21.3. The molecule has 0 aliphatic carbocycles. The van der Waals surface area contributed by atoms with Gasteiger partial charge in [0.2, 0.25) is 11.8 Å². The lowest BCUT2D eigenvalue weighted by atomic mass is 9.82. The van der Waals surface area contributed by atoms with Crippen LogP contribution in [0.2, 0.25) is 0 Å². The van der Waals surface area contributed by atoms with E-state index >= 15 is 0 Å². The Morgan fingerprint density at radius 1 is 1.17 bits per heavy atom. The van der Waals surface area contributed by atoms with Crippen molar-refractivity contribution in [3.8, 4) is 29.0 Å². The average Bonchev–Trinajstić information content (AvgIpc) is 3.17. The van der Waals surface area contributed by atoms with Gasteiger partial charge in [-0.05, 0) is 48.2 Å². The second-order valence-electron chi connectivity index (χ2n) is 7.52. The molecule has 3 aromatic rings. The highest BCUT2D eigenvalue weighted by atomic mass is 16.5. The molecule has 30 heavy (non-hydrogen) atoms. The third-order valence-corrected chi connectivity index (χ3v) is 5.33. The molecule has 0 radical (unpaired) electrons. The molecule has 0 spiro atoms. The maximum atomic E-state index is 9.84. The van der Waals surface area contributed by atoms with Crippen LogP contribution in [0.1, 0.15) is 49.3 Å². The number of hydrogen-bond donors (Lipinski definition) is 2. The average molecular weight is 400 g/mol. The Morgan fingerprint density at radius 2 is 1.87 bits per heavy atom. The van der Waals surface area contributed by atoms with Gasteiger partial charge in [-0.15, -0.1) is 5.10 Å². The second kappa shape index (κ2) is 7.96. The summed E-state index contributed by atoms with van der Waals surface area (Å²) in [5.74, 6) is 1.35. The molecule has 6 heteroatoms. The SMILES string of the molecule is CCOc1ccc(-c2[nH]nc3c2[C@@H](c2ccc(C(C)C)cc2)C(C#N)=C(N)O3)cc1. The first-order valence-corrected chi connectivity index (χ1v) is 10.0. The lowest BCUT2D eigenvalue weighted by molar-refractivity contribution is 0.340. The molecule has 3 N–H and O–H groups in total. The van der Waals surface area contributed by atoms with Crippen LogP contribution in [0, 0.1) is 11.3 Å². The number of nitrogens with one attached hydrogen (secondary N) is 1. The summed E-state index contributed by atoms with van der Waals surface area (Å²) in [7, 11) is 0. The van der Waals surface area contributed by atoms with Crippen LogP contribution in [0.4, 0.5) is 0 Å². The number of fused-ring (bicyclic) bond motifs is 1. The molecule has 152 valence electrons. The predicted octanol–water partition coefficient (Wildman–Crippen LogP) is 4.82. The summed E-state index contributed by atoms with van der Waals surface area (Å²) in [4.78, 5) is 0. The summed E-state index contributed by atoms with van der Waals surface area (Å²) in [6, 6.07) is 18.3. The van der Waals surface area contributed by atoms with Crippen LogP contribution in [-0.4, -0.2) is 16.8 Å². The maximum absolute atomic E-state index is 9.84. The molecule has 1 aliphatic rings. The normalized spacial score (nSPS) is 15.5. The summed E-state index contributed by atoms with van der Waals surface area (Å²) in [6.45, 7) is 6.86. The van der Waals surface area contributed by atoms with Gasteiger partial charge in [-0.25, -0.2) is 0 Å². The van der Waals surface area contributed by atoms with E-state index in [0.29, 0.717) is 24.0 Å². The van der Waals surface area contributed by atoms with Crippen LogP contribution in [-0.2, 0) is 0 Å². The van der Waals surface area contributed by atoms with Crippen molar-refractivity contribution in [1.29, 1.82) is 5.26 Å². The third kappa shape index (κ3) is 3.39. The van der Waals surface area contributed by atoms with E-state index in [9.17, 15) is 5.26 Å². The number of rotatable bonds is 5. The van der Waals surface area contributed by atoms with Crippen LogP contribution in [0.3, 0.4) is 0 Å². The lowest BCUT2D eigenvalue weighted by Crippen LogP contribution is -2.21. The van der Waals surface area contributed by atoms with E-state index in [-0.39, 0.29) is 11.8 Å². The summed E-state index contributed by atoms with van der Waals surface area (Å²) in [5, 5.41) is 17.2. The van der Waals surface area contributed by atoms with Gasteiger partial charge in [0, 0.05) is 5.56 Å². The molecule has 0 bridgehead atoms. The summed E-state index contributed by atoms with van der Waals surface area (Å²) >= 11 is 0. The number of benzene rings is 2. The standard InChI is InChI=1S/C24H24N4O2/c1-4-29-18-11-9-17(10-12-18)22-21-20(16-7-5-15(6-8-16)14(2)3)19(13-25)23(26)30-24(21)28-27-22/h5-12,14,20H,4,26H2,1-3H3,(H,27,28)/t20-/m0/s1. The van der Waals surface area contributed by atoms with Crippen LogP contribution >= 0.6 is 0 Å². The summed E-state index contributed by atoms with van der Waals surface area (Å²) < 4.78 is 11.2. The molecule has 0 saturated heterocycles. The fourth-order valence-electron chi connectivity index (χ4n) is 3.76. The Labute approximate surface area is 175 Å². The minimum atomic E-state index is -0.361. The van der Waals surface area contributed by atoms with E-state index in [2.05, 4.69) is 54.4 Å². The van der Waals surface area contributed by atoms with Crippen molar-refractivity contribution < 1.29 is 9.47 Å². The number of nitrogens with two attached hydrogens (primary N) is 1. The molecule has 0 saturated carbocycles. The van der Waals surface area contributed by atoms with Gasteiger partial charge in [-0.1, -0.05) is 38.1 Å². The number of aromatic nitrogens is 2. The molecule has 0 fully saturated rings. The van der Waals surface area contributed by atoms with E-state index in [1.54, 1.807) is 0 Å². The fraction of sp³-hybridized carbons (Fsp3) is 0.250. The number of aromatic amines is 1. The van der Waals surface area contributed by atoms with Crippen molar-refractivity contribution in [1.82, 2.24) is 10.2 Å². The van der Waals surface area contributed by atoms with Gasteiger partial charge in [0.05, 0.1) is 23.8 Å². The van der Waals surface area contributed by atoms with Gasteiger partial charge in [-0.3, -0.25) is 5.10 Å². The van der Waals surface area contributed by atoms with Crippen LogP contribution in [0.15, 0.2) is 60.0 Å². The van der Waals surface area contributed by atoms with E-state index in [4.69, 9.17) is 15.2 Å². The fourth-order valence-corrected chi connectivity index (χ4v) is 3.76. The van der Waals surface area contributed by atoms with Crippen molar-refractivity contribution in [3.05, 3.63) is 76.7 Å². The van der Waals surface area contributed by atoms with Gasteiger partial charge >= 0.3 is 0 Å². The molecule has 0 unspecified atom stereocenters. The lowest BCUT2D eigenvalue weighted by Gasteiger charge is -2.24. The minimum absolute atomic E-state index is 0.0904. The van der Waals surface area contributed by atoms with Gasteiger partial charge in [0.1, 0.15) is 17.4 Å². The van der Waals surface area contributed by atoms with E-state index < -0.39 is 0 Å². The molecular weight excluding hydrogens is 376 g/mol. The third-order valence-electron chi connectivity index (χ3n) is 5.33. The quantitative estimate of drug-likeness (QED) is 0.640. The molecule has 2 heterocycles. The first-order valence-electron chi connectivity index (χ1n) is 10.0. The van der Waals surface area contributed by atoms with E-state index in [1.807, 2.05) is 31.2 Å². The molecule has 4 rings (SSSR count). The van der Waals surface area contributed by atoms with Crippen LogP contribution in [0.25, 0.3) is 11.3 Å². The summed E-state index contributed by atoms with van der Waals surface area (Å²) in [6.07, 6.45) is 0. The Hall–Kier alpha value is -3.72. The van der Waals surface area contributed by atoms with Crippen LogP contribution < -0.4 is 15.2 Å². The number of ether oxygens (including phenoxy) is 2. The highest BCUT2D eigenvalue weighted by Crippen LogP contribution is 2.45. The smallest absolute Gasteiger partial charge is 0.244 e. The first-order chi connectivity index (χ1) is 14.5. The first kappa shape index (κ1) is 19.6. The van der Waals surface area contributed by atoms with Gasteiger partial charge < -0.3 is 15.2 Å². The number of H-pyrrole nitrogens is 1. The summed E-state index contributed by atoms with van der Waals surface area (Å²) in [5.41, 5.74) is 11.2. The number of nitrogens with zero attached hydrogens (tertiary/aromatic N) is 2. The van der Waals surface area contributed by atoms with E-state index in [0.717, 1.165) is 28.1 Å². The Bertz CT molecular complexity index is 1120. The molecule has 0 amide bonds. The molecule has 6 nitrogen and oxygen atoms in total. The van der Waals surface area contributed by atoms with Crippen molar-refractivity contribution in [2.45, 2.75) is 32.6 Å². The predicted molar refractivity (Wildman–Crippen MR) is 115 cm³/mol. The zero-order valence-electron chi connectivity index (χ0n) is 17.3. The number of allylic oxidation sites excluding steroid dienone is 1. The monoisotopic (exact) mass is 400 g/mol. The highest BCUT2D eigenvalue weighted by molar-refractivity contribution is 5.71. The van der Waals surface area contributed by atoms with Gasteiger partial charge in [0.15, 0.2) is 0 Å². The van der Waals surface area contributed by atoms with Gasteiger partial charge in [0.25, 0.3) is 0 Å². The minimum Gasteiger partial charge on any atom is -0.494 e. The Kier molecular flexibility index (Phi) is 5.20. The molecule has 1 atom stereocenters. The number of hydrogen-bond acceptors (Lipinski definition) is 5. The number of nitriles is 1. The zero-order valence-corrected chi connectivity index (χ0v) is 17.3. The molecular formula is C24H24N4O2. The van der Waals surface area contributed by atoms with Crippen LogP contribution in [0.5, 0.6) is 11.6 Å². The van der Waals surface area contributed by atoms with Gasteiger partial charge in [-0.2, -0.15) is 5.26 Å². The molecule has 1 aliphatic heterocycles. The molecule has 2 aromatic carbocycles. The molecule has 1 aromatic heterocycles. The Balaban J connectivity index is 1.83. The largest absolute Gasteiger partial charge is 0.494 e. The van der Waals surface area contributed by atoms with Crippen molar-refractivity contribution in [3.63, 3.8) is 0 Å². The second-order valence-corrected chi connectivity index (χ2v) is 7.52. The highest BCUT2D eigenvalue weighted by Gasteiger charge is 2.35.